The number of aromatic nitrogens is 4. The summed E-state index contributed by atoms with van der Waals surface area (Å²) in [7, 11) is 4.16. The second kappa shape index (κ2) is 16.2. The average molecular weight is 689 g/mol. The molecule has 2 aromatic heterocycles. The highest BCUT2D eigenvalue weighted by atomic mass is 32.2. The molecule has 4 heterocycles. The maximum absolute atomic E-state index is 12.6. The summed E-state index contributed by atoms with van der Waals surface area (Å²) in [6.45, 7) is 3.65. The van der Waals surface area contributed by atoms with Gasteiger partial charge >= 0.3 is 11.9 Å². The molecule has 2 aliphatic heterocycles. The number of carbonyl (C=O) groups is 2. The summed E-state index contributed by atoms with van der Waals surface area (Å²) < 4.78 is 20.8. The van der Waals surface area contributed by atoms with Gasteiger partial charge in [-0.05, 0) is 107 Å². The standard InChI is InChI=1S/C34H36N6O6S2/c1-39-15-5-9-25(21-39)29-31(37-45-35-29)47-17-13-23-7-3-11-27(19-23)43-33(41)34(42)44-28-12-4-8-24(20-28)14-18-48-32-30(36-46-38-32)26-10-6-16-40(2)22-26/h3-4,7-12,19-20H,5-6,13-18,21-22H2,1-2H3. The zero-order chi connectivity index (χ0) is 33.3. The molecule has 0 bridgehead atoms. The van der Waals surface area contributed by atoms with E-state index in [9.17, 15) is 9.59 Å². The van der Waals surface area contributed by atoms with Gasteiger partial charge in [-0.25, -0.2) is 18.8 Å². The number of benzene rings is 2. The highest BCUT2D eigenvalue weighted by molar-refractivity contribution is 7.99. The van der Waals surface area contributed by atoms with E-state index in [1.165, 1.54) is 0 Å². The van der Waals surface area contributed by atoms with Crippen molar-refractivity contribution in [3.63, 3.8) is 0 Å². The van der Waals surface area contributed by atoms with E-state index in [2.05, 4.69) is 56.7 Å². The van der Waals surface area contributed by atoms with Crippen LogP contribution in [0.2, 0.25) is 0 Å². The van der Waals surface area contributed by atoms with Gasteiger partial charge in [-0.1, -0.05) is 36.4 Å². The molecule has 12 nitrogen and oxygen atoms in total. The van der Waals surface area contributed by atoms with Gasteiger partial charge < -0.3 is 19.3 Å². The Kier molecular flexibility index (Phi) is 11.4. The largest absolute Gasteiger partial charge is 0.423 e. The second-order valence-electron chi connectivity index (χ2n) is 11.6. The van der Waals surface area contributed by atoms with Gasteiger partial charge in [-0.2, -0.15) is 0 Å². The monoisotopic (exact) mass is 688 g/mol. The number of aryl methyl sites for hydroxylation is 2. The Labute approximate surface area is 286 Å². The first-order valence-electron chi connectivity index (χ1n) is 15.7. The Morgan fingerprint density at radius 3 is 1.60 bits per heavy atom. The number of hydrogen-bond acceptors (Lipinski definition) is 14. The van der Waals surface area contributed by atoms with Crippen molar-refractivity contribution >= 4 is 46.6 Å². The van der Waals surface area contributed by atoms with Crippen LogP contribution in [0.5, 0.6) is 11.5 Å². The maximum atomic E-state index is 12.6. The van der Waals surface area contributed by atoms with E-state index in [1.807, 2.05) is 12.1 Å². The van der Waals surface area contributed by atoms with E-state index in [1.54, 1.807) is 59.9 Å². The van der Waals surface area contributed by atoms with Gasteiger partial charge in [0, 0.05) is 37.7 Å². The maximum Gasteiger partial charge on any atom is 0.423 e. The predicted molar refractivity (Wildman–Crippen MR) is 182 cm³/mol. The Morgan fingerprint density at radius 1 is 0.708 bits per heavy atom. The number of carbonyl (C=O) groups excluding carboxylic acids is 2. The molecule has 0 spiro atoms. The fraction of sp³-hybridized carbons (Fsp3) is 0.353. The predicted octanol–water partition coefficient (Wildman–Crippen LogP) is 5.07. The van der Waals surface area contributed by atoms with Gasteiger partial charge in [0.05, 0.1) is 0 Å². The highest BCUT2D eigenvalue weighted by Gasteiger charge is 2.22. The van der Waals surface area contributed by atoms with Crippen LogP contribution in [0, 0.1) is 0 Å². The minimum atomic E-state index is -1.10. The second-order valence-corrected chi connectivity index (χ2v) is 13.8. The molecular formula is C34H36N6O6S2. The molecular weight excluding hydrogens is 653 g/mol. The van der Waals surface area contributed by atoms with E-state index in [0.717, 1.165) is 82.7 Å². The molecule has 0 fully saturated rings. The summed E-state index contributed by atoms with van der Waals surface area (Å²) in [4.78, 5) is 29.7. The van der Waals surface area contributed by atoms with E-state index in [-0.39, 0.29) is 11.5 Å². The van der Waals surface area contributed by atoms with Crippen molar-refractivity contribution in [3.05, 3.63) is 83.2 Å². The number of rotatable bonds is 12. The Hall–Kier alpha value is -4.24. The van der Waals surface area contributed by atoms with Crippen LogP contribution in [0.3, 0.4) is 0 Å². The van der Waals surface area contributed by atoms with Crippen molar-refractivity contribution in [1.82, 2.24) is 30.4 Å². The first-order chi connectivity index (χ1) is 23.4. The number of esters is 2. The van der Waals surface area contributed by atoms with Gasteiger partial charge in [0.1, 0.15) is 22.9 Å². The van der Waals surface area contributed by atoms with Gasteiger partial charge in [0.25, 0.3) is 0 Å². The van der Waals surface area contributed by atoms with Crippen LogP contribution < -0.4 is 9.47 Å². The molecule has 2 aliphatic rings. The van der Waals surface area contributed by atoms with Crippen molar-refractivity contribution in [3.8, 4) is 11.5 Å². The highest BCUT2D eigenvalue weighted by Crippen LogP contribution is 2.30. The lowest BCUT2D eigenvalue weighted by Crippen LogP contribution is -2.25. The van der Waals surface area contributed by atoms with Gasteiger partial charge in [0.2, 0.25) is 0 Å². The smallest absolute Gasteiger partial charge is 0.418 e. The Morgan fingerprint density at radius 2 is 1.17 bits per heavy atom. The number of ether oxygens (including phenoxy) is 2. The Bertz CT molecular complexity index is 1670. The van der Waals surface area contributed by atoms with E-state index in [4.69, 9.17) is 18.7 Å². The molecule has 0 radical (unpaired) electrons. The Balaban J connectivity index is 0.965. The van der Waals surface area contributed by atoms with Crippen LogP contribution in [0.25, 0.3) is 11.1 Å². The fourth-order valence-corrected chi connectivity index (χ4v) is 7.27. The third-order valence-electron chi connectivity index (χ3n) is 7.85. The third-order valence-corrected chi connectivity index (χ3v) is 9.75. The number of hydrogen-bond donors (Lipinski definition) is 0. The van der Waals surface area contributed by atoms with Crippen molar-refractivity contribution in [2.45, 2.75) is 35.7 Å². The molecule has 6 rings (SSSR count). The first-order valence-corrected chi connectivity index (χ1v) is 17.7. The molecule has 0 aliphatic carbocycles. The van der Waals surface area contributed by atoms with Gasteiger partial charge in [-0.3, -0.25) is 0 Å². The summed E-state index contributed by atoms with van der Waals surface area (Å²) in [6.07, 6.45) is 7.67. The van der Waals surface area contributed by atoms with Crippen molar-refractivity contribution in [2.24, 2.45) is 0 Å². The molecule has 0 saturated heterocycles. The first kappa shape index (κ1) is 33.7. The SMILES string of the molecule is CN1CCC=C(c2nonc2SCCc2cccc(OC(=O)C(=O)Oc3cccc(CCSc4nonc4C4=CCCN(C)C4)c3)c2)C1. The van der Waals surface area contributed by atoms with Crippen molar-refractivity contribution < 1.29 is 28.3 Å². The average Bonchev–Trinajstić information content (AvgIpc) is 3.75. The number of nitrogens with zero attached hydrogens (tertiary/aromatic N) is 6. The van der Waals surface area contributed by atoms with E-state index < -0.39 is 11.9 Å². The zero-order valence-corrected chi connectivity index (χ0v) is 28.4. The minimum absolute atomic E-state index is 0.266. The minimum Gasteiger partial charge on any atom is -0.418 e. The number of thioether (sulfide) groups is 2. The van der Waals surface area contributed by atoms with Crippen LogP contribution in [-0.4, -0.2) is 94.1 Å². The molecule has 0 atom stereocenters. The summed E-state index contributed by atoms with van der Waals surface area (Å²) in [5.74, 6) is -0.236. The molecule has 0 saturated carbocycles. The van der Waals surface area contributed by atoms with E-state index in [0.29, 0.717) is 24.3 Å². The van der Waals surface area contributed by atoms with Crippen molar-refractivity contribution in [1.29, 1.82) is 0 Å². The summed E-state index contributed by atoms with van der Waals surface area (Å²) in [6, 6.07) is 14.2. The molecule has 250 valence electrons. The topological polar surface area (TPSA) is 137 Å². The van der Waals surface area contributed by atoms with Gasteiger partial charge in [-0.15, -0.1) is 23.5 Å². The summed E-state index contributed by atoms with van der Waals surface area (Å²) >= 11 is 3.11. The molecule has 14 heteroatoms. The van der Waals surface area contributed by atoms with E-state index >= 15 is 0 Å². The lowest BCUT2D eigenvalue weighted by molar-refractivity contribution is -0.156. The quantitative estimate of drug-likeness (QED) is 0.0847. The van der Waals surface area contributed by atoms with Crippen molar-refractivity contribution in [2.75, 3.05) is 51.8 Å². The summed E-state index contributed by atoms with van der Waals surface area (Å²) in [5.41, 5.74) is 5.70. The van der Waals surface area contributed by atoms with Crippen LogP contribution >= 0.6 is 23.5 Å². The summed E-state index contributed by atoms with van der Waals surface area (Å²) in [5, 5.41) is 18.0. The third kappa shape index (κ3) is 9.01. The molecule has 0 N–H and O–H groups in total. The molecule has 4 aromatic rings. The number of likely N-dealkylation sites (N-methyl/N-ethyl adjacent to an activating group) is 2. The zero-order valence-electron chi connectivity index (χ0n) is 26.8. The van der Waals surface area contributed by atoms with Crippen LogP contribution in [0.1, 0.15) is 35.4 Å². The van der Waals surface area contributed by atoms with Crippen LogP contribution in [0.4, 0.5) is 0 Å². The molecule has 2 aromatic carbocycles. The van der Waals surface area contributed by atoms with Gasteiger partial charge in [0.15, 0.2) is 10.1 Å². The normalized spacial score (nSPS) is 15.5. The lowest BCUT2D eigenvalue weighted by Gasteiger charge is -2.21. The molecule has 0 amide bonds. The molecule has 0 unspecified atom stereocenters. The molecule has 48 heavy (non-hydrogen) atoms. The lowest BCUT2D eigenvalue weighted by atomic mass is 10.1. The van der Waals surface area contributed by atoms with Crippen LogP contribution in [-0.2, 0) is 22.4 Å². The fourth-order valence-electron chi connectivity index (χ4n) is 5.43. The van der Waals surface area contributed by atoms with Crippen LogP contribution in [0.15, 0.2) is 80.0 Å².